The summed E-state index contributed by atoms with van der Waals surface area (Å²) < 4.78 is 5.63. The minimum Gasteiger partial charge on any atom is -0.377 e. The number of rotatable bonds is 5. The maximum absolute atomic E-state index is 12.9. The number of hydrogen-bond donors (Lipinski definition) is 1. The molecule has 1 saturated heterocycles. The van der Waals surface area contributed by atoms with Gasteiger partial charge in [0.15, 0.2) is 5.82 Å². The fraction of sp³-hybridized carbons (Fsp3) is 0.722. The molecular formula is C18H29N5O2. The van der Waals surface area contributed by atoms with Crippen LogP contribution in [0.2, 0.25) is 0 Å². The van der Waals surface area contributed by atoms with E-state index in [2.05, 4.69) is 27.2 Å². The lowest BCUT2D eigenvalue weighted by atomic mass is 10.2. The van der Waals surface area contributed by atoms with Crippen molar-refractivity contribution in [3.05, 3.63) is 17.6 Å². The zero-order valence-corrected chi connectivity index (χ0v) is 15.5. The molecule has 25 heavy (non-hydrogen) atoms. The highest BCUT2D eigenvalue weighted by Gasteiger charge is 2.32. The van der Waals surface area contributed by atoms with Crippen LogP contribution in [0.5, 0.6) is 0 Å². The summed E-state index contributed by atoms with van der Waals surface area (Å²) in [5.74, 6) is 1.56. The van der Waals surface area contributed by atoms with Gasteiger partial charge in [-0.3, -0.25) is 9.69 Å². The van der Waals surface area contributed by atoms with Crippen molar-refractivity contribution in [1.82, 2.24) is 19.8 Å². The van der Waals surface area contributed by atoms with Crippen molar-refractivity contribution < 1.29 is 9.53 Å². The molecule has 1 saturated carbocycles. The number of aryl methyl sites for hydroxylation is 1. The molecule has 138 valence electrons. The van der Waals surface area contributed by atoms with Crippen LogP contribution in [0, 0.1) is 6.92 Å². The number of anilines is 1. The SMILES string of the molecule is CNc1cc(C)nc(C2COCCN2C(=O)CN(C)C2CCCC2)n1. The number of nitrogens with one attached hydrogen (secondary N) is 1. The van der Waals surface area contributed by atoms with Crippen LogP contribution in [0.15, 0.2) is 6.07 Å². The Bertz CT molecular complexity index is 603. The summed E-state index contributed by atoms with van der Waals surface area (Å²) in [6, 6.07) is 2.22. The number of hydrogen-bond acceptors (Lipinski definition) is 6. The average Bonchev–Trinajstić information content (AvgIpc) is 3.16. The average molecular weight is 347 g/mol. The van der Waals surface area contributed by atoms with Crippen LogP contribution in [0.25, 0.3) is 0 Å². The number of morpholine rings is 1. The van der Waals surface area contributed by atoms with Crippen LogP contribution in [0.4, 0.5) is 5.82 Å². The van der Waals surface area contributed by atoms with E-state index in [1.807, 2.05) is 24.9 Å². The van der Waals surface area contributed by atoms with E-state index in [9.17, 15) is 4.79 Å². The molecule has 0 aromatic carbocycles. The third-order valence-electron chi connectivity index (χ3n) is 5.21. The van der Waals surface area contributed by atoms with E-state index in [1.165, 1.54) is 25.7 Å². The van der Waals surface area contributed by atoms with E-state index in [0.717, 1.165) is 11.5 Å². The van der Waals surface area contributed by atoms with E-state index in [0.29, 0.717) is 38.2 Å². The molecule has 1 unspecified atom stereocenters. The molecule has 1 N–H and O–H groups in total. The highest BCUT2D eigenvalue weighted by atomic mass is 16.5. The van der Waals surface area contributed by atoms with Crippen molar-refractivity contribution in [3.8, 4) is 0 Å². The number of likely N-dealkylation sites (N-methyl/N-ethyl adjacent to an activating group) is 1. The minimum atomic E-state index is -0.217. The van der Waals surface area contributed by atoms with Gasteiger partial charge in [0, 0.05) is 31.4 Å². The molecule has 1 atom stereocenters. The Kier molecular flexibility index (Phi) is 5.86. The molecule has 0 bridgehead atoms. The topological polar surface area (TPSA) is 70.6 Å². The second-order valence-electron chi connectivity index (χ2n) is 7.03. The highest BCUT2D eigenvalue weighted by molar-refractivity contribution is 5.78. The van der Waals surface area contributed by atoms with Gasteiger partial charge in [0.1, 0.15) is 11.9 Å². The second-order valence-corrected chi connectivity index (χ2v) is 7.03. The molecule has 1 aliphatic heterocycles. The summed E-state index contributed by atoms with van der Waals surface area (Å²) in [5.41, 5.74) is 0.885. The zero-order chi connectivity index (χ0) is 17.8. The predicted molar refractivity (Wildman–Crippen MR) is 96.5 cm³/mol. The monoisotopic (exact) mass is 347 g/mol. The van der Waals surface area contributed by atoms with Gasteiger partial charge in [-0.1, -0.05) is 12.8 Å². The summed E-state index contributed by atoms with van der Waals surface area (Å²) in [7, 11) is 3.90. The fourth-order valence-electron chi connectivity index (χ4n) is 3.76. The standard InChI is InChI=1S/C18H29N5O2/c1-13-10-16(19-2)21-18(20-13)15-12-25-9-8-23(15)17(24)11-22(3)14-6-4-5-7-14/h10,14-15H,4-9,11-12H2,1-3H3,(H,19,20,21). The van der Waals surface area contributed by atoms with Gasteiger partial charge in [0.2, 0.25) is 5.91 Å². The summed E-state index contributed by atoms with van der Waals surface area (Å²) in [6.07, 6.45) is 4.94. The predicted octanol–water partition coefficient (Wildman–Crippen LogP) is 1.60. The molecule has 2 heterocycles. The molecule has 7 nitrogen and oxygen atoms in total. The summed E-state index contributed by atoms with van der Waals surface area (Å²) in [6.45, 7) is 4.00. The number of amides is 1. The van der Waals surface area contributed by atoms with E-state index in [-0.39, 0.29) is 11.9 Å². The van der Waals surface area contributed by atoms with Crippen molar-refractivity contribution in [2.75, 3.05) is 45.7 Å². The Hall–Kier alpha value is -1.73. The molecule has 0 radical (unpaired) electrons. The Morgan fingerprint density at radius 3 is 2.88 bits per heavy atom. The van der Waals surface area contributed by atoms with Gasteiger partial charge >= 0.3 is 0 Å². The van der Waals surface area contributed by atoms with Gasteiger partial charge in [-0.2, -0.15) is 0 Å². The van der Waals surface area contributed by atoms with Crippen molar-refractivity contribution in [2.45, 2.75) is 44.7 Å². The van der Waals surface area contributed by atoms with E-state index in [1.54, 1.807) is 0 Å². The first kappa shape index (κ1) is 18.1. The third-order valence-corrected chi connectivity index (χ3v) is 5.21. The molecule has 3 rings (SSSR count). The van der Waals surface area contributed by atoms with Crippen LogP contribution >= 0.6 is 0 Å². The van der Waals surface area contributed by atoms with Crippen molar-refractivity contribution in [2.24, 2.45) is 0 Å². The molecule has 1 aromatic heterocycles. The lowest BCUT2D eigenvalue weighted by molar-refractivity contribution is -0.142. The first-order valence-electron chi connectivity index (χ1n) is 9.19. The van der Waals surface area contributed by atoms with E-state index < -0.39 is 0 Å². The summed E-state index contributed by atoms with van der Waals surface area (Å²) in [4.78, 5) is 26.2. The van der Waals surface area contributed by atoms with E-state index >= 15 is 0 Å². The van der Waals surface area contributed by atoms with Gasteiger partial charge in [-0.15, -0.1) is 0 Å². The van der Waals surface area contributed by atoms with Crippen molar-refractivity contribution in [3.63, 3.8) is 0 Å². The summed E-state index contributed by atoms with van der Waals surface area (Å²) in [5, 5.41) is 3.06. The van der Waals surface area contributed by atoms with Crippen LogP contribution < -0.4 is 5.32 Å². The number of nitrogens with zero attached hydrogens (tertiary/aromatic N) is 4. The van der Waals surface area contributed by atoms with Crippen LogP contribution in [0.3, 0.4) is 0 Å². The molecule has 7 heteroatoms. The largest absolute Gasteiger partial charge is 0.377 e. The molecule has 2 fully saturated rings. The molecule has 1 aliphatic carbocycles. The van der Waals surface area contributed by atoms with Crippen LogP contribution in [0.1, 0.15) is 43.2 Å². The number of ether oxygens (including phenoxy) is 1. The summed E-state index contributed by atoms with van der Waals surface area (Å²) >= 11 is 0. The molecule has 1 aromatic rings. The number of carbonyl (C=O) groups is 1. The van der Waals surface area contributed by atoms with Gasteiger partial charge in [-0.25, -0.2) is 9.97 Å². The molecule has 0 spiro atoms. The van der Waals surface area contributed by atoms with Crippen molar-refractivity contribution >= 4 is 11.7 Å². The molecule has 1 amide bonds. The Morgan fingerprint density at radius 2 is 2.16 bits per heavy atom. The van der Waals surface area contributed by atoms with E-state index in [4.69, 9.17) is 4.74 Å². The van der Waals surface area contributed by atoms with Crippen LogP contribution in [-0.2, 0) is 9.53 Å². The quantitative estimate of drug-likeness (QED) is 0.872. The number of carbonyl (C=O) groups excluding carboxylic acids is 1. The highest BCUT2D eigenvalue weighted by Crippen LogP contribution is 2.25. The fourth-order valence-corrected chi connectivity index (χ4v) is 3.76. The van der Waals surface area contributed by atoms with Gasteiger partial charge in [-0.05, 0) is 26.8 Å². The molecule has 2 aliphatic rings. The lowest BCUT2D eigenvalue weighted by Crippen LogP contribution is -2.48. The minimum absolute atomic E-state index is 0.138. The lowest BCUT2D eigenvalue weighted by Gasteiger charge is -2.36. The molecular weight excluding hydrogens is 318 g/mol. The van der Waals surface area contributed by atoms with Gasteiger partial charge in [0.05, 0.1) is 19.8 Å². The normalized spacial score (nSPS) is 21.8. The van der Waals surface area contributed by atoms with Crippen molar-refractivity contribution in [1.29, 1.82) is 0 Å². The smallest absolute Gasteiger partial charge is 0.237 e. The zero-order valence-electron chi connectivity index (χ0n) is 15.5. The Labute approximate surface area is 149 Å². The maximum Gasteiger partial charge on any atom is 0.237 e. The van der Waals surface area contributed by atoms with Crippen LogP contribution in [-0.4, -0.2) is 72.1 Å². The Balaban J connectivity index is 1.74. The maximum atomic E-state index is 12.9. The van der Waals surface area contributed by atoms with Gasteiger partial charge in [0.25, 0.3) is 0 Å². The first-order valence-corrected chi connectivity index (χ1v) is 9.19. The first-order chi connectivity index (χ1) is 12.1. The third kappa shape index (κ3) is 4.27. The van der Waals surface area contributed by atoms with Gasteiger partial charge < -0.3 is 15.0 Å². The number of aromatic nitrogens is 2. The Morgan fingerprint density at radius 1 is 1.40 bits per heavy atom. The second kappa shape index (κ2) is 8.10.